The van der Waals surface area contributed by atoms with E-state index >= 15 is 0 Å². The predicted octanol–water partition coefficient (Wildman–Crippen LogP) is 4.73. The van der Waals surface area contributed by atoms with Crippen LogP contribution in [-0.4, -0.2) is 81.5 Å². The number of unbranched alkanes of at least 4 members (excludes halogenated alkanes) is 1. The van der Waals surface area contributed by atoms with Gasteiger partial charge >= 0.3 is 6.09 Å². The summed E-state index contributed by atoms with van der Waals surface area (Å²) in [6.07, 6.45) is 2.50. The number of ether oxygens (including phenoxy) is 2. The van der Waals surface area contributed by atoms with E-state index in [1.54, 1.807) is 4.90 Å². The van der Waals surface area contributed by atoms with Crippen molar-refractivity contribution in [3.05, 3.63) is 47.9 Å². The topological polar surface area (TPSA) is 98.5 Å². The Balaban J connectivity index is 1.32. The van der Waals surface area contributed by atoms with Gasteiger partial charge in [0.15, 0.2) is 5.82 Å². The minimum atomic E-state index is -0.209. The minimum absolute atomic E-state index is 0.199. The summed E-state index contributed by atoms with van der Waals surface area (Å²) in [5.74, 6) is 2.93. The fraction of sp³-hybridized carbons (Fsp3) is 0.500. The summed E-state index contributed by atoms with van der Waals surface area (Å²) in [6.45, 7) is 11.0. The van der Waals surface area contributed by atoms with E-state index in [9.17, 15) is 4.79 Å². The highest BCUT2D eigenvalue weighted by Gasteiger charge is 2.32. The van der Waals surface area contributed by atoms with Crippen molar-refractivity contribution >= 4 is 34.0 Å². The van der Waals surface area contributed by atoms with Crippen LogP contribution < -0.4 is 4.90 Å². The third kappa shape index (κ3) is 5.20. The predicted molar refractivity (Wildman–Crippen MR) is 154 cm³/mol. The van der Waals surface area contributed by atoms with Crippen LogP contribution in [0.3, 0.4) is 0 Å². The standard InChI is InChI=1S/C30H37N7O3/c1-4-5-14-40-30(38)36-18-21(19-36)17-22-10-11-24-26(31-22)28(35-12-15-39-16-13-35)34-29(33-24)37-25-9-7-6-8-23(25)32-27(37)20(2)3/h6-11,20-21H,4-5,12-19H2,1-3H3. The number of carbonyl (C=O) groups excluding carboxylic acids is 1. The van der Waals surface area contributed by atoms with Crippen LogP contribution in [0.2, 0.25) is 0 Å². The summed E-state index contributed by atoms with van der Waals surface area (Å²) in [5, 5.41) is 0. The summed E-state index contributed by atoms with van der Waals surface area (Å²) in [7, 11) is 0. The highest BCUT2D eigenvalue weighted by Crippen LogP contribution is 2.30. The zero-order chi connectivity index (χ0) is 27.6. The SMILES string of the molecule is CCCCOC(=O)N1CC(Cc2ccc3nc(-n4c(C(C)C)nc5ccccc54)nc(N4CCOCC4)c3n2)C1. The maximum absolute atomic E-state index is 12.2. The summed E-state index contributed by atoms with van der Waals surface area (Å²) in [4.78, 5) is 36.4. The first-order valence-corrected chi connectivity index (χ1v) is 14.4. The number of para-hydroxylation sites is 2. The number of amides is 1. The van der Waals surface area contributed by atoms with Gasteiger partial charge in [-0.15, -0.1) is 0 Å². The molecular weight excluding hydrogens is 506 g/mol. The molecule has 1 aromatic carbocycles. The van der Waals surface area contributed by atoms with Gasteiger partial charge in [0.05, 0.1) is 36.4 Å². The van der Waals surface area contributed by atoms with Gasteiger partial charge in [0.25, 0.3) is 0 Å². The molecule has 4 aromatic rings. The van der Waals surface area contributed by atoms with E-state index in [1.807, 2.05) is 18.2 Å². The van der Waals surface area contributed by atoms with Crippen LogP contribution in [0, 0.1) is 5.92 Å². The monoisotopic (exact) mass is 543 g/mol. The van der Waals surface area contributed by atoms with E-state index in [2.05, 4.69) is 48.4 Å². The maximum atomic E-state index is 12.2. The number of rotatable bonds is 8. The Morgan fingerprint density at radius 2 is 1.82 bits per heavy atom. The van der Waals surface area contributed by atoms with Crippen LogP contribution in [0.25, 0.3) is 28.0 Å². The highest BCUT2D eigenvalue weighted by molar-refractivity contribution is 5.87. The van der Waals surface area contributed by atoms with Crippen molar-refractivity contribution in [2.75, 3.05) is 50.9 Å². The second kappa shape index (κ2) is 11.4. The zero-order valence-corrected chi connectivity index (χ0v) is 23.5. The lowest BCUT2D eigenvalue weighted by atomic mass is 9.95. The second-order valence-electron chi connectivity index (χ2n) is 11.0. The molecule has 0 unspecified atom stereocenters. The van der Waals surface area contributed by atoms with E-state index in [-0.39, 0.29) is 12.0 Å². The molecule has 40 heavy (non-hydrogen) atoms. The van der Waals surface area contributed by atoms with Gasteiger partial charge in [-0.25, -0.2) is 19.7 Å². The number of carbonyl (C=O) groups is 1. The molecule has 0 bridgehead atoms. The van der Waals surface area contributed by atoms with E-state index in [4.69, 9.17) is 29.4 Å². The first kappa shape index (κ1) is 26.4. The average Bonchev–Trinajstić information content (AvgIpc) is 3.35. The number of imidazole rings is 1. The molecule has 10 heteroatoms. The quantitative estimate of drug-likeness (QED) is 0.294. The lowest BCUT2D eigenvalue weighted by Crippen LogP contribution is -2.51. The molecule has 2 fully saturated rings. The molecule has 0 radical (unpaired) electrons. The smallest absolute Gasteiger partial charge is 0.409 e. The molecule has 2 aliphatic heterocycles. The van der Waals surface area contributed by atoms with Crippen molar-refractivity contribution in [3.63, 3.8) is 0 Å². The van der Waals surface area contributed by atoms with Crippen LogP contribution in [0.1, 0.15) is 51.0 Å². The van der Waals surface area contributed by atoms with E-state index in [1.165, 1.54) is 0 Å². The van der Waals surface area contributed by atoms with Crippen molar-refractivity contribution < 1.29 is 14.3 Å². The number of aromatic nitrogens is 5. The number of morpholine rings is 1. The fourth-order valence-corrected chi connectivity index (χ4v) is 5.42. The molecule has 10 nitrogen and oxygen atoms in total. The number of nitrogens with zero attached hydrogens (tertiary/aromatic N) is 7. The zero-order valence-electron chi connectivity index (χ0n) is 23.5. The molecule has 3 aromatic heterocycles. The lowest BCUT2D eigenvalue weighted by Gasteiger charge is -2.38. The average molecular weight is 544 g/mol. The van der Waals surface area contributed by atoms with Crippen LogP contribution >= 0.6 is 0 Å². The second-order valence-corrected chi connectivity index (χ2v) is 11.0. The van der Waals surface area contributed by atoms with Gasteiger partial charge < -0.3 is 19.3 Å². The lowest BCUT2D eigenvalue weighted by molar-refractivity contribution is 0.0530. The molecular formula is C30H37N7O3. The minimum Gasteiger partial charge on any atom is -0.449 e. The summed E-state index contributed by atoms with van der Waals surface area (Å²) >= 11 is 0. The van der Waals surface area contributed by atoms with E-state index in [0.29, 0.717) is 44.8 Å². The Kier molecular flexibility index (Phi) is 7.51. The van der Waals surface area contributed by atoms with Crippen LogP contribution in [0.5, 0.6) is 0 Å². The fourth-order valence-electron chi connectivity index (χ4n) is 5.42. The number of likely N-dealkylation sites (tertiary alicyclic amines) is 1. The number of pyridine rings is 1. The first-order chi connectivity index (χ1) is 19.5. The van der Waals surface area contributed by atoms with Gasteiger partial charge in [0, 0.05) is 37.8 Å². The van der Waals surface area contributed by atoms with Crippen molar-refractivity contribution in [2.24, 2.45) is 5.92 Å². The van der Waals surface area contributed by atoms with Gasteiger partial charge in [-0.1, -0.05) is 39.3 Å². The Morgan fingerprint density at radius 3 is 2.60 bits per heavy atom. The number of hydrogen-bond acceptors (Lipinski definition) is 8. The van der Waals surface area contributed by atoms with Gasteiger partial charge in [-0.3, -0.25) is 4.57 Å². The normalized spacial score (nSPS) is 16.2. The third-order valence-corrected chi connectivity index (χ3v) is 7.62. The molecule has 2 aliphatic rings. The van der Waals surface area contributed by atoms with E-state index in [0.717, 1.165) is 71.8 Å². The van der Waals surface area contributed by atoms with Crippen molar-refractivity contribution in [3.8, 4) is 5.95 Å². The van der Waals surface area contributed by atoms with Crippen molar-refractivity contribution in [1.29, 1.82) is 0 Å². The van der Waals surface area contributed by atoms with Crippen LogP contribution in [0.4, 0.5) is 10.6 Å². The Labute approximate surface area is 234 Å². The van der Waals surface area contributed by atoms with E-state index < -0.39 is 0 Å². The Morgan fingerprint density at radius 1 is 1.02 bits per heavy atom. The highest BCUT2D eigenvalue weighted by atomic mass is 16.6. The molecule has 1 amide bonds. The molecule has 0 aliphatic carbocycles. The molecule has 210 valence electrons. The molecule has 0 saturated carbocycles. The van der Waals surface area contributed by atoms with Crippen molar-refractivity contribution in [1.82, 2.24) is 29.4 Å². The molecule has 6 rings (SSSR count). The summed E-state index contributed by atoms with van der Waals surface area (Å²) in [5.41, 5.74) is 4.51. The number of hydrogen-bond donors (Lipinski definition) is 0. The summed E-state index contributed by atoms with van der Waals surface area (Å²) < 4.78 is 13.1. The maximum Gasteiger partial charge on any atom is 0.409 e. The molecule has 2 saturated heterocycles. The Hall–Kier alpha value is -3.79. The van der Waals surface area contributed by atoms with Crippen LogP contribution in [0.15, 0.2) is 36.4 Å². The first-order valence-electron chi connectivity index (χ1n) is 14.4. The number of anilines is 1. The number of fused-ring (bicyclic) bond motifs is 2. The Bertz CT molecular complexity index is 1510. The number of benzene rings is 1. The molecule has 0 spiro atoms. The van der Waals surface area contributed by atoms with Gasteiger partial charge in [-0.05, 0) is 43.0 Å². The molecule has 5 heterocycles. The summed E-state index contributed by atoms with van der Waals surface area (Å²) in [6, 6.07) is 12.2. The molecule has 0 atom stereocenters. The third-order valence-electron chi connectivity index (χ3n) is 7.62. The van der Waals surface area contributed by atoms with Crippen molar-refractivity contribution in [2.45, 2.75) is 46.0 Å². The van der Waals surface area contributed by atoms with Gasteiger partial charge in [-0.2, -0.15) is 4.98 Å². The van der Waals surface area contributed by atoms with Gasteiger partial charge in [0.2, 0.25) is 5.95 Å². The molecule has 0 N–H and O–H groups in total. The largest absolute Gasteiger partial charge is 0.449 e. The van der Waals surface area contributed by atoms with Crippen LogP contribution in [-0.2, 0) is 15.9 Å². The van der Waals surface area contributed by atoms with Gasteiger partial charge in [0.1, 0.15) is 11.3 Å².